The van der Waals surface area contributed by atoms with E-state index >= 15 is 0 Å². The Balaban J connectivity index is 2.57. The van der Waals surface area contributed by atoms with Crippen molar-refractivity contribution in [2.75, 3.05) is 23.3 Å². The van der Waals surface area contributed by atoms with Gasteiger partial charge in [-0.25, -0.2) is 0 Å². The first kappa shape index (κ1) is 26.4. The van der Waals surface area contributed by atoms with Crippen LogP contribution in [0.15, 0.2) is 47.1 Å². The second-order valence-electron chi connectivity index (χ2n) is 9.05. The molecule has 1 N–H and O–H groups in total. The largest absolute Gasteiger partial charge is 0.481 e. The van der Waals surface area contributed by atoms with Gasteiger partial charge in [-0.15, -0.1) is 0 Å². The van der Waals surface area contributed by atoms with Gasteiger partial charge in [0.1, 0.15) is 17.7 Å². The number of rotatable bonds is 9. The van der Waals surface area contributed by atoms with Crippen molar-refractivity contribution in [3.05, 3.63) is 58.2 Å². The van der Waals surface area contributed by atoms with Crippen LogP contribution in [0.5, 0.6) is 0 Å². The quantitative estimate of drug-likeness (QED) is 0.299. The molecule has 0 amide bonds. The molecule has 0 fully saturated rings. The lowest BCUT2D eigenvalue weighted by Gasteiger charge is -2.30. The van der Waals surface area contributed by atoms with Crippen LogP contribution in [0, 0.1) is 28.1 Å². The first-order valence-corrected chi connectivity index (χ1v) is 12.4. The molecule has 1 aliphatic rings. The fraction of sp³-hybridized carbons (Fsp3) is 0.444. The molecule has 6 heteroatoms. The fourth-order valence-corrected chi connectivity index (χ4v) is 4.87. The van der Waals surface area contributed by atoms with Crippen LogP contribution in [-0.2, 0) is 4.79 Å². The molecule has 0 bridgehead atoms. The van der Waals surface area contributed by atoms with E-state index in [-0.39, 0.29) is 11.0 Å². The van der Waals surface area contributed by atoms with Crippen molar-refractivity contribution in [3.63, 3.8) is 0 Å². The lowest BCUT2D eigenvalue weighted by atomic mass is 9.74. The van der Waals surface area contributed by atoms with Crippen molar-refractivity contribution in [2.45, 2.75) is 52.9 Å². The summed E-state index contributed by atoms with van der Waals surface area (Å²) in [5.41, 5.74) is 4.55. The van der Waals surface area contributed by atoms with Gasteiger partial charge >= 0.3 is 5.97 Å². The third-order valence-corrected chi connectivity index (χ3v) is 6.46. The van der Waals surface area contributed by atoms with Crippen LogP contribution in [0.1, 0.15) is 64.0 Å². The molecule has 0 radical (unpaired) electrons. The number of carboxylic acid groups (broad SMARTS) is 1. The summed E-state index contributed by atoms with van der Waals surface area (Å²) in [7, 11) is 0. The molecule has 174 valence electrons. The number of halogens is 1. The Hall–Kier alpha value is -2.83. The number of anilines is 1. The Morgan fingerprint density at radius 2 is 1.88 bits per heavy atom. The fourth-order valence-electron chi connectivity index (χ4n) is 4.41. The topological polar surface area (TPSA) is 88.1 Å². The van der Waals surface area contributed by atoms with Crippen molar-refractivity contribution in [1.29, 1.82) is 10.5 Å². The van der Waals surface area contributed by atoms with Crippen molar-refractivity contribution in [3.8, 4) is 12.1 Å². The summed E-state index contributed by atoms with van der Waals surface area (Å²) in [4.78, 5) is 14.3. The standard InChI is InChI=1S/C27H32BrN3O2/c1-5-31(6-2)23-10-9-20(25(14-23)24(11-12-28)26(32)33)8-7-19-13-21(22(17-29)18-30)16-27(3,4)15-19/h7-10,13-14,24H,5-6,11-12,15-16H2,1-4H3,(H,32,33). The van der Waals surface area contributed by atoms with Crippen molar-refractivity contribution in [2.24, 2.45) is 5.41 Å². The summed E-state index contributed by atoms with van der Waals surface area (Å²) in [5.74, 6) is -1.45. The van der Waals surface area contributed by atoms with Crippen LogP contribution in [0.25, 0.3) is 6.08 Å². The van der Waals surface area contributed by atoms with E-state index in [9.17, 15) is 20.4 Å². The molecule has 1 aromatic rings. The lowest BCUT2D eigenvalue weighted by Crippen LogP contribution is -2.22. The maximum atomic E-state index is 12.1. The zero-order valence-corrected chi connectivity index (χ0v) is 21.4. The Bertz CT molecular complexity index is 1030. The smallest absolute Gasteiger partial charge is 0.311 e. The molecule has 0 heterocycles. The highest BCUT2D eigenvalue weighted by molar-refractivity contribution is 9.09. The Morgan fingerprint density at radius 3 is 2.42 bits per heavy atom. The number of alkyl halides is 1. The predicted octanol–water partition coefficient (Wildman–Crippen LogP) is 6.59. The van der Waals surface area contributed by atoms with E-state index in [0.29, 0.717) is 18.2 Å². The first-order chi connectivity index (χ1) is 15.7. The summed E-state index contributed by atoms with van der Waals surface area (Å²) in [6.07, 6.45) is 7.88. The van der Waals surface area contributed by atoms with Gasteiger partial charge in [0.2, 0.25) is 0 Å². The molecule has 0 spiro atoms. The van der Waals surface area contributed by atoms with Gasteiger partial charge in [-0.05, 0) is 72.9 Å². The SMILES string of the molecule is CCN(CC)c1ccc(C=CC2=CC(=C(C#N)C#N)CC(C)(C)C2)c(C(CCBr)C(=O)O)c1. The molecule has 2 rings (SSSR count). The molecule has 5 nitrogen and oxygen atoms in total. The van der Waals surface area contributed by atoms with E-state index in [0.717, 1.165) is 47.5 Å². The Morgan fingerprint density at radius 1 is 1.21 bits per heavy atom. The number of allylic oxidation sites excluding steroid dienone is 5. The summed E-state index contributed by atoms with van der Waals surface area (Å²) in [5, 5.41) is 29.1. The maximum Gasteiger partial charge on any atom is 0.311 e. The summed E-state index contributed by atoms with van der Waals surface area (Å²) < 4.78 is 0. The third kappa shape index (κ3) is 6.83. The van der Waals surface area contributed by atoms with Gasteiger partial charge in [0.15, 0.2) is 0 Å². The second kappa shape index (κ2) is 11.9. The number of nitrogens with zero attached hydrogens (tertiary/aromatic N) is 3. The van der Waals surface area contributed by atoms with Crippen molar-refractivity contribution < 1.29 is 9.90 Å². The molecular weight excluding hydrogens is 478 g/mol. The van der Waals surface area contributed by atoms with Gasteiger partial charge in [0.25, 0.3) is 0 Å². The van der Waals surface area contributed by atoms with Crippen molar-refractivity contribution >= 4 is 33.7 Å². The Labute approximate surface area is 205 Å². The van der Waals surface area contributed by atoms with Crippen LogP contribution in [0.3, 0.4) is 0 Å². The van der Waals surface area contributed by atoms with Crippen molar-refractivity contribution in [1.82, 2.24) is 0 Å². The van der Waals surface area contributed by atoms with Crippen LogP contribution < -0.4 is 4.90 Å². The number of hydrogen-bond donors (Lipinski definition) is 1. The third-order valence-electron chi connectivity index (χ3n) is 6.00. The number of hydrogen-bond acceptors (Lipinski definition) is 4. The zero-order valence-electron chi connectivity index (χ0n) is 19.9. The molecule has 0 saturated carbocycles. The van der Waals surface area contributed by atoms with E-state index < -0.39 is 11.9 Å². The van der Waals surface area contributed by atoms with E-state index in [2.05, 4.69) is 48.5 Å². The minimum Gasteiger partial charge on any atom is -0.481 e. The van der Waals surface area contributed by atoms with Gasteiger partial charge in [0, 0.05) is 24.1 Å². The minimum atomic E-state index is -0.836. The molecule has 0 saturated heterocycles. The summed E-state index contributed by atoms with van der Waals surface area (Å²) >= 11 is 3.40. The van der Waals surface area contributed by atoms with E-state index in [1.807, 2.05) is 48.6 Å². The predicted molar refractivity (Wildman–Crippen MR) is 137 cm³/mol. The Kier molecular flexibility index (Phi) is 9.50. The molecule has 0 aliphatic heterocycles. The average molecular weight is 510 g/mol. The molecule has 0 aromatic heterocycles. The van der Waals surface area contributed by atoms with Crippen LogP contribution in [0.2, 0.25) is 0 Å². The molecular formula is C27H32BrN3O2. The number of carbonyl (C=O) groups is 1. The van der Waals surface area contributed by atoms with Crippen LogP contribution in [0.4, 0.5) is 5.69 Å². The molecule has 1 aliphatic carbocycles. The lowest BCUT2D eigenvalue weighted by molar-refractivity contribution is -0.138. The number of nitriles is 2. The monoisotopic (exact) mass is 509 g/mol. The average Bonchev–Trinajstić information content (AvgIpc) is 2.77. The van der Waals surface area contributed by atoms with Gasteiger partial charge in [0.05, 0.1) is 5.92 Å². The van der Waals surface area contributed by atoms with E-state index in [1.54, 1.807) is 0 Å². The van der Waals surface area contributed by atoms with E-state index in [1.165, 1.54) is 0 Å². The second-order valence-corrected chi connectivity index (χ2v) is 9.84. The molecule has 1 atom stereocenters. The van der Waals surface area contributed by atoms with Gasteiger partial charge < -0.3 is 10.0 Å². The minimum absolute atomic E-state index is 0.0717. The number of aliphatic carboxylic acids is 1. The zero-order chi connectivity index (χ0) is 24.6. The molecule has 33 heavy (non-hydrogen) atoms. The number of benzene rings is 1. The van der Waals surface area contributed by atoms with Crippen LogP contribution >= 0.6 is 15.9 Å². The van der Waals surface area contributed by atoms with E-state index in [4.69, 9.17) is 0 Å². The maximum absolute atomic E-state index is 12.1. The summed E-state index contributed by atoms with van der Waals surface area (Å²) in [6.45, 7) is 10.1. The first-order valence-electron chi connectivity index (χ1n) is 11.3. The highest BCUT2D eigenvalue weighted by atomic mass is 79.9. The van der Waals surface area contributed by atoms with Crippen LogP contribution in [-0.4, -0.2) is 29.5 Å². The van der Waals surface area contributed by atoms with Gasteiger partial charge in [-0.2, -0.15) is 10.5 Å². The molecule has 1 unspecified atom stereocenters. The molecule has 1 aromatic carbocycles. The van der Waals surface area contributed by atoms with Gasteiger partial charge in [-0.1, -0.05) is 54.1 Å². The number of carboxylic acids is 1. The van der Waals surface area contributed by atoms with Gasteiger partial charge in [-0.3, -0.25) is 4.79 Å². The summed E-state index contributed by atoms with van der Waals surface area (Å²) in [6, 6.07) is 10.0. The highest BCUT2D eigenvalue weighted by Crippen LogP contribution is 2.40. The highest BCUT2D eigenvalue weighted by Gasteiger charge is 2.27. The normalized spacial score (nSPS) is 16.0.